The van der Waals surface area contributed by atoms with Crippen molar-refractivity contribution in [2.45, 2.75) is 6.42 Å². The number of aromatic nitrogens is 2. The molecule has 0 radical (unpaired) electrons. The minimum atomic E-state index is -0.0780. The number of amides is 1. The Morgan fingerprint density at radius 1 is 1.12 bits per heavy atom. The number of anilines is 3. The van der Waals surface area contributed by atoms with Gasteiger partial charge in [-0.25, -0.2) is 4.98 Å². The molecule has 25 heavy (non-hydrogen) atoms. The van der Waals surface area contributed by atoms with Gasteiger partial charge in [0.25, 0.3) is 5.91 Å². The average molecular weight is 351 g/mol. The van der Waals surface area contributed by atoms with Gasteiger partial charge < -0.3 is 10.2 Å². The molecule has 1 aliphatic heterocycles. The molecule has 0 atom stereocenters. The van der Waals surface area contributed by atoms with E-state index in [9.17, 15) is 4.79 Å². The Kier molecular flexibility index (Phi) is 4.07. The third kappa shape index (κ3) is 3.06. The fourth-order valence-corrected chi connectivity index (χ4v) is 3.17. The highest BCUT2D eigenvalue weighted by Crippen LogP contribution is 2.32. The molecule has 0 saturated carbocycles. The molecule has 124 valence electrons. The van der Waals surface area contributed by atoms with Crippen molar-refractivity contribution in [2.24, 2.45) is 0 Å². The van der Waals surface area contributed by atoms with Crippen LogP contribution in [0.15, 0.2) is 61.1 Å². The van der Waals surface area contributed by atoms with Crippen molar-refractivity contribution >= 4 is 34.7 Å². The van der Waals surface area contributed by atoms with E-state index in [1.165, 1.54) is 0 Å². The Hall–Kier alpha value is -2.92. The Morgan fingerprint density at radius 3 is 2.80 bits per heavy atom. The van der Waals surface area contributed by atoms with Crippen molar-refractivity contribution in [3.05, 3.63) is 77.2 Å². The molecule has 0 bridgehead atoms. The summed E-state index contributed by atoms with van der Waals surface area (Å²) in [4.78, 5) is 23.2. The Morgan fingerprint density at radius 2 is 1.96 bits per heavy atom. The van der Waals surface area contributed by atoms with Crippen LogP contribution in [0, 0.1) is 0 Å². The van der Waals surface area contributed by atoms with E-state index in [2.05, 4.69) is 15.3 Å². The van der Waals surface area contributed by atoms with E-state index in [0.29, 0.717) is 22.9 Å². The lowest BCUT2D eigenvalue weighted by Crippen LogP contribution is -2.29. The zero-order chi connectivity index (χ0) is 17.2. The van der Waals surface area contributed by atoms with Crippen LogP contribution >= 0.6 is 11.6 Å². The first-order valence-corrected chi connectivity index (χ1v) is 8.32. The largest absolute Gasteiger partial charge is 0.339 e. The first-order valence-electron chi connectivity index (χ1n) is 7.95. The van der Waals surface area contributed by atoms with Crippen LogP contribution in [0.1, 0.15) is 15.9 Å². The van der Waals surface area contributed by atoms with Crippen LogP contribution in [0.3, 0.4) is 0 Å². The summed E-state index contributed by atoms with van der Waals surface area (Å²) >= 11 is 6.05. The van der Waals surface area contributed by atoms with Crippen LogP contribution in [0.25, 0.3) is 0 Å². The summed E-state index contributed by atoms with van der Waals surface area (Å²) in [6.45, 7) is 0.637. The summed E-state index contributed by atoms with van der Waals surface area (Å²) in [7, 11) is 0. The zero-order valence-electron chi connectivity index (χ0n) is 13.3. The van der Waals surface area contributed by atoms with Gasteiger partial charge in [-0.2, -0.15) is 0 Å². The van der Waals surface area contributed by atoms with Crippen molar-refractivity contribution in [1.29, 1.82) is 0 Å². The summed E-state index contributed by atoms with van der Waals surface area (Å²) in [6, 6.07) is 12.8. The predicted molar refractivity (Wildman–Crippen MR) is 98.6 cm³/mol. The van der Waals surface area contributed by atoms with E-state index in [1.54, 1.807) is 35.6 Å². The molecule has 4 rings (SSSR count). The second-order valence-electron chi connectivity index (χ2n) is 5.74. The van der Waals surface area contributed by atoms with Gasteiger partial charge in [0.1, 0.15) is 5.82 Å². The molecule has 1 aromatic carbocycles. The standard InChI is InChI=1S/C19H15ClN4O/c20-14-3-4-17-13(12-14)7-11-24(17)19(25)16-2-1-8-22-18(16)23-15-5-9-21-10-6-15/h1-6,8-10,12H,7,11H2,(H,21,22,23). The lowest BCUT2D eigenvalue weighted by molar-refractivity contribution is 0.0990. The minimum Gasteiger partial charge on any atom is -0.339 e. The van der Waals surface area contributed by atoms with Crippen molar-refractivity contribution < 1.29 is 4.79 Å². The summed E-state index contributed by atoms with van der Waals surface area (Å²) in [5, 5.41) is 3.88. The second-order valence-corrected chi connectivity index (χ2v) is 6.18. The molecule has 0 fully saturated rings. The highest BCUT2D eigenvalue weighted by molar-refractivity contribution is 6.30. The Labute approximate surface area is 150 Å². The number of carbonyl (C=O) groups excluding carboxylic acids is 1. The lowest BCUT2D eigenvalue weighted by atomic mass is 10.1. The number of hydrogen-bond donors (Lipinski definition) is 1. The molecule has 1 aliphatic rings. The number of nitrogens with zero attached hydrogens (tertiary/aromatic N) is 3. The van der Waals surface area contributed by atoms with E-state index < -0.39 is 0 Å². The summed E-state index contributed by atoms with van der Waals surface area (Å²) in [5.74, 6) is 0.451. The van der Waals surface area contributed by atoms with Crippen molar-refractivity contribution in [1.82, 2.24) is 9.97 Å². The number of benzene rings is 1. The van der Waals surface area contributed by atoms with E-state index in [-0.39, 0.29) is 5.91 Å². The van der Waals surface area contributed by atoms with Gasteiger partial charge >= 0.3 is 0 Å². The molecule has 2 aromatic heterocycles. The summed E-state index contributed by atoms with van der Waals surface area (Å²) in [5.41, 5.74) is 3.36. The van der Waals surface area contributed by atoms with Crippen LogP contribution < -0.4 is 10.2 Å². The maximum atomic E-state index is 13.1. The van der Waals surface area contributed by atoms with Crippen molar-refractivity contribution in [2.75, 3.05) is 16.8 Å². The van der Waals surface area contributed by atoms with Crippen molar-refractivity contribution in [3.63, 3.8) is 0 Å². The van der Waals surface area contributed by atoms with E-state index in [1.807, 2.05) is 30.3 Å². The normalized spacial score (nSPS) is 12.8. The van der Waals surface area contributed by atoms with Crippen molar-refractivity contribution in [3.8, 4) is 0 Å². The molecule has 0 saturated heterocycles. The predicted octanol–water partition coefficient (Wildman–Crippen LogP) is 4.08. The van der Waals surface area contributed by atoms with E-state index in [4.69, 9.17) is 11.6 Å². The Balaban J connectivity index is 1.66. The van der Waals surface area contributed by atoms with Crippen LogP contribution in [0.5, 0.6) is 0 Å². The lowest BCUT2D eigenvalue weighted by Gasteiger charge is -2.19. The van der Waals surface area contributed by atoms with Gasteiger partial charge in [-0.05, 0) is 54.4 Å². The zero-order valence-corrected chi connectivity index (χ0v) is 14.1. The van der Waals surface area contributed by atoms with Gasteiger partial charge in [0.15, 0.2) is 0 Å². The van der Waals surface area contributed by atoms with Crippen LogP contribution in [-0.2, 0) is 6.42 Å². The first-order chi connectivity index (χ1) is 12.2. The third-order valence-corrected chi connectivity index (χ3v) is 4.40. The molecule has 1 amide bonds. The monoisotopic (exact) mass is 350 g/mol. The molecule has 3 aromatic rings. The highest BCUT2D eigenvalue weighted by atomic mass is 35.5. The molecule has 1 N–H and O–H groups in total. The topological polar surface area (TPSA) is 58.1 Å². The quantitative estimate of drug-likeness (QED) is 0.773. The van der Waals surface area contributed by atoms with E-state index >= 15 is 0 Å². The van der Waals surface area contributed by atoms with Crippen LogP contribution in [-0.4, -0.2) is 22.4 Å². The molecular weight excluding hydrogens is 336 g/mol. The molecule has 3 heterocycles. The smallest absolute Gasteiger partial charge is 0.262 e. The summed E-state index contributed by atoms with van der Waals surface area (Å²) < 4.78 is 0. The van der Waals surface area contributed by atoms with Gasteiger partial charge in [0.2, 0.25) is 0 Å². The van der Waals surface area contributed by atoms with Crippen LogP contribution in [0.2, 0.25) is 5.02 Å². The molecular formula is C19H15ClN4O. The number of nitrogens with one attached hydrogen (secondary N) is 1. The van der Waals surface area contributed by atoms with Gasteiger partial charge in [0, 0.05) is 41.5 Å². The molecule has 0 unspecified atom stereocenters. The molecule has 6 heteroatoms. The molecule has 0 aliphatic carbocycles. The number of pyridine rings is 2. The number of carbonyl (C=O) groups is 1. The number of halogens is 1. The van der Waals surface area contributed by atoms with Gasteiger partial charge in [-0.3, -0.25) is 9.78 Å². The third-order valence-electron chi connectivity index (χ3n) is 4.16. The molecule has 0 spiro atoms. The fraction of sp³-hybridized carbons (Fsp3) is 0.105. The van der Waals surface area contributed by atoms with Gasteiger partial charge in [0.05, 0.1) is 5.56 Å². The highest BCUT2D eigenvalue weighted by Gasteiger charge is 2.27. The number of fused-ring (bicyclic) bond motifs is 1. The van der Waals surface area contributed by atoms with Gasteiger partial charge in [-0.1, -0.05) is 11.6 Å². The minimum absolute atomic E-state index is 0.0780. The summed E-state index contributed by atoms with van der Waals surface area (Å²) in [6.07, 6.45) is 5.84. The van der Waals surface area contributed by atoms with E-state index in [0.717, 1.165) is 23.4 Å². The number of rotatable bonds is 3. The maximum absolute atomic E-state index is 13.1. The second kappa shape index (κ2) is 6.53. The van der Waals surface area contributed by atoms with Gasteiger partial charge in [-0.15, -0.1) is 0 Å². The number of hydrogen-bond acceptors (Lipinski definition) is 4. The average Bonchev–Trinajstić information content (AvgIpc) is 3.05. The molecule has 5 nitrogen and oxygen atoms in total. The SMILES string of the molecule is O=C(c1cccnc1Nc1ccncc1)N1CCc2cc(Cl)ccc21. The maximum Gasteiger partial charge on any atom is 0.262 e. The fourth-order valence-electron chi connectivity index (χ4n) is 2.98. The first kappa shape index (κ1) is 15.6. The Bertz CT molecular complexity index is 930. The van der Waals surface area contributed by atoms with Crippen LogP contribution in [0.4, 0.5) is 17.2 Å².